The molecular formula is C68H52N4. The normalized spacial score (nSPS) is 12.2. The fourth-order valence-corrected chi connectivity index (χ4v) is 10.3. The third-order valence-electron chi connectivity index (χ3n) is 13.7. The summed E-state index contributed by atoms with van der Waals surface area (Å²) < 4.78 is 0. The standard InChI is InChI=1S/C68H52N4/c1-5-23-55(24-6-1)69(61-43-47-63(48-44-61)71(57-27-9-3-10-28-57)67-33-17-21-53-19-13-15-31-65(53)67)59-39-35-51(36-40-59)52-37-41-60(42-38-52)70(56-25-7-2-8-26-56)62-45-49-64(50-46-62)72(58-29-11-4-12-30-58)68-34-18-22-54-20-14-16-32-66(54)68/h1-45,47-49H,46,50H2. The number of hydrogen-bond donors (Lipinski definition) is 0. The monoisotopic (exact) mass is 924 g/mol. The summed E-state index contributed by atoms with van der Waals surface area (Å²) >= 11 is 0. The Hall–Kier alpha value is -9.38. The molecular weight excluding hydrogens is 873 g/mol. The molecule has 0 atom stereocenters. The zero-order valence-electron chi connectivity index (χ0n) is 39.9. The van der Waals surface area contributed by atoms with Crippen molar-refractivity contribution in [2.75, 3.05) is 19.6 Å². The molecule has 1 aliphatic carbocycles. The largest absolute Gasteiger partial charge is 0.314 e. The van der Waals surface area contributed by atoms with E-state index in [1.807, 2.05) is 0 Å². The van der Waals surface area contributed by atoms with Crippen molar-refractivity contribution in [1.82, 2.24) is 0 Å². The van der Waals surface area contributed by atoms with E-state index >= 15 is 0 Å². The molecule has 0 fully saturated rings. The van der Waals surface area contributed by atoms with Crippen molar-refractivity contribution in [3.63, 3.8) is 0 Å². The van der Waals surface area contributed by atoms with Crippen molar-refractivity contribution < 1.29 is 0 Å². The van der Waals surface area contributed by atoms with Gasteiger partial charge in [0, 0.05) is 67.7 Å². The Labute approximate surface area is 422 Å². The molecule has 0 amide bonds. The predicted molar refractivity (Wildman–Crippen MR) is 305 cm³/mol. The van der Waals surface area contributed by atoms with E-state index < -0.39 is 0 Å². The number of allylic oxidation sites excluding steroid dienone is 4. The first-order valence-electron chi connectivity index (χ1n) is 24.8. The van der Waals surface area contributed by atoms with Crippen LogP contribution < -0.4 is 19.6 Å². The Kier molecular flexibility index (Phi) is 12.1. The van der Waals surface area contributed by atoms with Gasteiger partial charge in [-0.3, -0.25) is 0 Å². The van der Waals surface area contributed by atoms with Crippen LogP contribution in [0.4, 0.5) is 56.9 Å². The van der Waals surface area contributed by atoms with Crippen LogP contribution >= 0.6 is 0 Å². The summed E-state index contributed by atoms with van der Waals surface area (Å²) in [5.41, 5.74) is 16.1. The maximum atomic E-state index is 2.44. The average Bonchev–Trinajstić information content (AvgIpc) is 3.46. The van der Waals surface area contributed by atoms with Gasteiger partial charge in [0.2, 0.25) is 0 Å². The number of benzene rings is 11. The highest BCUT2D eigenvalue weighted by molar-refractivity contribution is 5.99. The number of hydrogen-bond acceptors (Lipinski definition) is 4. The smallest absolute Gasteiger partial charge is 0.0540 e. The molecule has 0 radical (unpaired) electrons. The molecule has 344 valence electrons. The minimum atomic E-state index is 0.883. The number of para-hydroxylation sites is 4. The van der Waals surface area contributed by atoms with Crippen LogP contribution in [0.15, 0.2) is 303 Å². The number of rotatable bonds is 13. The molecule has 0 bridgehead atoms. The highest BCUT2D eigenvalue weighted by Crippen LogP contribution is 2.44. The SMILES string of the molecule is C1=C(N(c2ccccc2)c2ccc(-c3ccc(N(c4ccccc4)c4ccc(N(c5ccccc5)c5cccc6ccccc56)cc4)cc3)cc2)CCC(N(c2ccccc2)c2cccc3ccccc23)=C1. The Morgan fingerprint density at radius 2 is 0.500 bits per heavy atom. The van der Waals surface area contributed by atoms with Crippen molar-refractivity contribution in [3.05, 3.63) is 303 Å². The Bertz CT molecular complexity index is 3660. The quantitative estimate of drug-likeness (QED) is 0.114. The molecule has 1 aliphatic rings. The first-order chi connectivity index (χ1) is 35.7. The third kappa shape index (κ3) is 8.78. The van der Waals surface area contributed by atoms with Crippen LogP contribution in [0, 0.1) is 0 Å². The van der Waals surface area contributed by atoms with Crippen LogP contribution in [-0.2, 0) is 0 Å². The van der Waals surface area contributed by atoms with Crippen molar-refractivity contribution in [2.45, 2.75) is 12.8 Å². The van der Waals surface area contributed by atoms with E-state index in [0.29, 0.717) is 0 Å². The topological polar surface area (TPSA) is 13.0 Å². The molecule has 4 heteroatoms. The second kappa shape index (κ2) is 19.9. The Balaban J connectivity index is 0.840. The summed E-state index contributed by atoms with van der Waals surface area (Å²) in [5, 5.41) is 4.89. The Morgan fingerprint density at radius 3 is 0.944 bits per heavy atom. The van der Waals surface area contributed by atoms with Crippen LogP contribution in [0.1, 0.15) is 12.8 Å². The van der Waals surface area contributed by atoms with Gasteiger partial charge in [0.15, 0.2) is 0 Å². The van der Waals surface area contributed by atoms with E-state index in [4.69, 9.17) is 0 Å². The minimum Gasteiger partial charge on any atom is -0.314 e. The fraction of sp³-hybridized carbons (Fsp3) is 0.0294. The van der Waals surface area contributed by atoms with E-state index in [1.165, 1.54) is 38.6 Å². The van der Waals surface area contributed by atoms with Gasteiger partial charge >= 0.3 is 0 Å². The second-order valence-electron chi connectivity index (χ2n) is 18.1. The van der Waals surface area contributed by atoms with Crippen molar-refractivity contribution >= 4 is 78.4 Å². The molecule has 11 aromatic rings. The zero-order valence-corrected chi connectivity index (χ0v) is 39.9. The van der Waals surface area contributed by atoms with Gasteiger partial charge in [-0.25, -0.2) is 0 Å². The number of fused-ring (bicyclic) bond motifs is 2. The molecule has 0 N–H and O–H groups in total. The highest BCUT2D eigenvalue weighted by Gasteiger charge is 2.23. The number of anilines is 10. The lowest BCUT2D eigenvalue weighted by Gasteiger charge is -2.34. The predicted octanol–water partition coefficient (Wildman–Crippen LogP) is 19.1. The van der Waals surface area contributed by atoms with Crippen LogP contribution in [-0.4, -0.2) is 0 Å². The summed E-state index contributed by atoms with van der Waals surface area (Å²) in [7, 11) is 0. The van der Waals surface area contributed by atoms with Crippen LogP contribution in [0.3, 0.4) is 0 Å². The number of nitrogens with zero attached hydrogens (tertiary/aromatic N) is 4. The van der Waals surface area contributed by atoms with E-state index in [-0.39, 0.29) is 0 Å². The van der Waals surface area contributed by atoms with Crippen molar-refractivity contribution in [1.29, 1.82) is 0 Å². The average molecular weight is 925 g/mol. The summed E-state index contributed by atoms with van der Waals surface area (Å²) in [6.45, 7) is 0. The van der Waals surface area contributed by atoms with Gasteiger partial charge in [0.05, 0.1) is 11.4 Å². The van der Waals surface area contributed by atoms with Gasteiger partial charge in [-0.15, -0.1) is 0 Å². The second-order valence-corrected chi connectivity index (χ2v) is 18.1. The molecule has 72 heavy (non-hydrogen) atoms. The van der Waals surface area contributed by atoms with Crippen molar-refractivity contribution in [2.24, 2.45) is 0 Å². The van der Waals surface area contributed by atoms with Gasteiger partial charge in [0.25, 0.3) is 0 Å². The van der Waals surface area contributed by atoms with Crippen LogP contribution in [0.2, 0.25) is 0 Å². The van der Waals surface area contributed by atoms with E-state index in [1.54, 1.807) is 0 Å². The molecule has 11 aromatic carbocycles. The van der Waals surface area contributed by atoms with Gasteiger partial charge in [-0.1, -0.05) is 170 Å². The minimum absolute atomic E-state index is 0.883. The lowest BCUT2D eigenvalue weighted by Crippen LogP contribution is -2.22. The molecule has 12 rings (SSSR count). The zero-order chi connectivity index (χ0) is 48.1. The summed E-state index contributed by atoms with van der Waals surface area (Å²) in [5.74, 6) is 0. The summed E-state index contributed by atoms with van der Waals surface area (Å²) in [6.07, 6.45) is 6.40. The van der Waals surface area contributed by atoms with Gasteiger partial charge in [0.1, 0.15) is 0 Å². The van der Waals surface area contributed by atoms with Gasteiger partial charge in [-0.05, 0) is 156 Å². The third-order valence-corrected chi connectivity index (χ3v) is 13.7. The lowest BCUT2D eigenvalue weighted by molar-refractivity contribution is 0.851. The molecule has 0 saturated carbocycles. The molecule has 0 heterocycles. The molecule has 4 nitrogen and oxygen atoms in total. The van der Waals surface area contributed by atoms with E-state index in [0.717, 1.165) is 75.2 Å². The lowest BCUT2D eigenvalue weighted by atomic mass is 10.0. The maximum Gasteiger partial charge on any atom is 0.0540 e. The summed E-state index contributed by atoms with van der Waals surface area (Å²) in [6, 6.07) is 100. The van der Waals surface area contributed by atoms with E-state index in [2.05, 4.69) is 311 Å². The van der Waals surface area contributed by atoms with E-state index in [9.17, 15) is 0 Å². The summed E-state index contributed by atoms with van der Waals surface area (Å²) in [4.78, 5) is 9.53. The highest BCUT2D eigenvalue weighted by atomic mass is 15.2. The first kappa shape index (κ1) is 43.9. The van der Waals surface area contributed by atoms with Gasteiger partial charge < -0.3 is 19.6 Å². The van der Waals surface area contributed by atoms with Crippen LogP contribution in [0.25, 0.3) is 32.7 Å². The molecule has 0 aromatic heterocycles. The molecule has 0 unspecified atom stereocenters. The Morgan fingerprint density at radius 1 is 0.208 bits per heavy atom. The first-order valence-corrected chi connectivity index (χ1v) is 24.8. The molecule has 0 saturated heterocycles. The van der Waals surface area contributed by atoms with Crippen molar-refractivity contribution in [3.8, 4) is 11.1 Å². The van der Waals surface area contributed by atoms with Gasteiger partial charge in [-0.2, -0.15) is 0 Å². The van der Waals surface area contributed by atoms with Crippen LogP contribution in [0.5, 0.6) is 0 Å². The molecule has 0 aliphatic heterocycles. The maximum absolute atomic E-state index is 2.44. The fourth-order valence-electron chi connectivity index (χ4n) is 10.3. The molecule has 0 spiro atoms.